The first-order chi connectivity index (χ1) is 21.2. The van der Waals surface area contributed by atoms with Crippen molar-refractivity contribution in [2.45, 2.75) is 121 Å². The van der Waals surface area contributed by atoms with E-state index in [1.807, 2.05) is 12.4 Å². The molecule has 0 amide bonds. The summed E-state index contributed by atoms with van der Waals surface area (Å²) in [5.41, 5.74) is 9.31. The highest BCUT2D eigenvalue weighted by molar-refractivity contribution is 5.84. The third-order valence-electron chi connectivity index (χ3n) is 9.80. The smallest absolute Gasteiger partial charge is 0.227 e. The Hall–Kier alpha value is -2.75. The molecule has 2 aromatic heterocycles. The molecule has 1 saturated heterocycles. The van der Waals surface area contributed by atoms with Crippen LogP contribution in [0.3, 0.4) is 0 Å². The molecule has 2 saturated carbocycles. The predicted molar refractivity (Wildman–Crippen MR) is 174 cm³/mol. The number of fused-ring (bicyclic) bond motifs is 1. The first kappa shape index (κ1) is 30.3. The number of nitrogens with one attached hydrogen (secondary N) is 2. The zero-order chi connectivity index (χ0) is 29.3. The van der Waals surface area contributed by atoms with E-state index in [1.165, 1.54) is 57.1 Å². The van der Waals surface area contributed by atoms with Crippen LogP contribution in [0.25, 0.3) is 11.2 Å². The van der Waals surface area contributed by atoms with Crippen molar-refractivity contribution in [2.75, 3.05) is 36.9 Å². The SMILES string of the molecule is NC1CCC(Nc2nc(NC3CCN(CCCCCCOCc4ccccc4)CC3)nc3c2ncn3C2CCCC2)CC1. The molecular weight excluding hydrogens is 536 g/mol. The Balaban J connectivity index is 0.964. The number of likely N-dealkylation sites (tertiary alicyclic amines) is 1. The summed E-state index contributed by atoms with van der Waals surface area (Å²) in [5, 5.41) is 7.48. The molecule has 1 aliphatic heterocycles. The number of aromatic nitrogens is 4. The third-order valence-corrected chi connectivity index (χ3v) is 9.80. The maximum Gasteiger partial charge on any atom is 0.227 e. The maximum absolute atomic E-state index is 6.18. The van der Waals surface area contributed by atoms with Crippen LogP contribution >= 0.6 is 0 Å². The number of anilines is 2. The molecule has 3 fully saturated rings. The van der Waals surface area contributed by atoms with Crippen molar-refractivity contribution in [3.63, 3.8) is 0 Å². The van der Waals surface area contributed by atoms with Gasteiger partial charge in [0.1, 0.15) is 0 Å². The summed E-state index contributed by atoms with van der Waals surface area (Å²) in [6, 6.07) is 12.1. The largest absolute Gasteiger partial charge is 0.377 e. The van der Waals surface area contributed by atoms with Crippen LogP contribution in [-0.4, -0.2) is 68.8 Å². The summed E-state index contributed by atoms with van der Waals surface area (Å²) in [5.74, 6) is 1.63. The van der Waals surface area contributed by atoms with Crippen molar-refractivity contribution in [1.82, 2.24) is 24.4 Å². The minimum Gasteiger partial charge on any atom is -0.377 e. The lowest BCUT2D eigenvalue weighted by Gasteiger charge is -2.32. The van der Waals surface area contributed by atoms with E-state index in [1.54, 1.807) is 0 Å². The summed E-state index contributed by atoms with van der Waals surface area (Å²) in [6.45, 7) is 5.04. The molecule has 3 heterocycles. The standard InChI is InChI=1S/C34H52N8O/c35-27-14-16-28(17-15-27)37-32-31-33(42(25-36-31)30-12-6-7-13-30)40-34(39-32)38-29-18-21-41(22-19-29)20-8-1-2-9-23-43-24-26-10-4-3-5-11-26/h3-5,10-11,25,27-30H,1-2,6-9,12-24,35H2,(H2,37,38,39,40). The van der Waals surface area contributed by atoms with Crippen LogP contribution in [0.4, 0.5) is 11.8 Å². The summed E-state index contributed by atoms with van der Waals surface area (Å²) in [4.78, 5) is 17.5. The van der Waals surface area contributed by atoms with E-state index in [0.29, 0.717) is 24.2 Å². The van der Waals surface area contributed by atoms with Crippen LogP contribution in [0, 0.1) is 0 Å². The Labute approximate surface area is 257 Å². The molecule has 3 aliphatic rings. The summed E-state index contributed by atoms with van der Waals surface area (Å²) >= 11 is 0. The molecule has 3 aromatic rings. The van der Waals surface area contributed by atoms with E-state index in [4.69, 9.17) is 25.4 Å². The molecule has 0 radical (unpaired) electrons. The molecule has 0 unspecified atom stereocenters. The van der Waals surface area contributed by atoms with Crippen LogP contribution in [0.15, 0.2) is 36.7 Å². The Morgan fingerprint density at radius 2 is 1.56 bits per heavy atom. The highest BCUT2D eigenvalue weighted by atomic mass is 16.5. The second-order valence-electron chi connectivity index (χ2n) is 13.1. The number of piperidine rings is 1. The summed E-state index contributed by atoms with van der Waals surface area (Å²) < 4.78 is 8.15. The number of nitrogens with zero attached hydrogens (tertiary/aromatic N) is 5. The van der Waals surface area contributed by atoms with Gasteiger partial charge >= 0.3 is 0 Å². The number of benzene rings is 1. The number of imidazole rings is 1. The van der Waals surface area contributed by atoms with Gasteiger partial charge in [0.15, 0.2) is 17.0 Å². The third kappa shape index (κ3) is 8.46. The highest BCUT2D eigenvalue weighted by Gasteiger charge is 2.26. The Bertz CT molecular complexity index is 1240. The lowest BCUT2D eigenvalue weighted by Crippen LogP contribution is -2.39. The molecule has 0 bridgehead atoms. The molecule has 1 aromatic carbocycles. The Morgan fingerprint density at radius 1 is 0.814 bits per heavy atom. The Kier molecular flexibility index (Phi) is 10.8. The van der Waals surface area contributed by atoms with E-state index in [-0.39, 0.29) is 0 Å². The monoisotopic (exact) mass is 588 g/mol. The van der Waals surface area contributed by atoms with Crippen molar-refractivity contribution in [3.05, 3.63) is 42.2 Å². The molecule has 43 heavy (non-hydrogen) atoms. The number of hydrogen-bond acceptors (Lipinski definition) is 8. The quantitative estimate of drug-likeness (QED) is 0.189. The minimum absolute atomic E-state index is 0.331. The predicted octanol–water partition coefficient (Wildman–Crippen LogP) is 6.28. The van der Waals surface area contributed by atoms with Crippen LogP contribution in [0.5, 0.6) is 0 Å². The minimum atomic E-state index is 0.331. The van der Waals surface area contributed by atoms with Crippen molar-refractivity contribution < 1.29 is 4.74 Å². The van der Waals surface area contributed by atoms with Gasteiger partial charge in [-0.1, -0.05) is 56.0 Å². The van der Waals surface area contributed by atoms with E-state index >= 15 is 0 Å². The zero-order valence-electron chi connectivity index (χ0n) is 25.9. The fourth-order valence-corrected chi connectivity index (χ4v) is 7.13. The second kappa shape index (κ2) is 15.3. The lowest BCUT2D eigenvalue weighted by molar-refractivity contribution is 0.116. The van der Waals surface area contributed by atoms with Gasteiger partial charge in [0.25, 0.3) is 0 Å². The summed E-state index contributed by atoms with van der Waals surface area (Å²) in [7, 11) is 0. The molecule has 0 spiro atoms. The molecule has 6 rings (SSSR count). The fraction of sp³-hybridized carbons (Fsp3) is 0.676. The van der Waals surface area contributed by atoms with Gasteiger partial charge in [0, 0.05) is 43.9 Å². The van der Waals surface area contributed by atoms with Crippen LogP contribution < -0.4 is 16.4 Å². The van der Waals surface area contributed by atoms with Gasteiger partial charge in [0.2, 0.25) is 5.95 Å². The van der Waals surface area contributed by atoms with E-state index in [9.17, 15) is 0 Å². The van der Waals surface area contributed by atoms with Crippen LogP contribution in [-0.2, 0) is 11.3 Å². The molecule has 4 N–H and O–H groups in total. The lowest BCUT2D eigenvalue weighted by atomic mass is 9.92. The number of ether oxygens (including phenoxy) is 1. The van der Waals surface area contributed by atoms with E-state index < -0.39 is 0 Å². The molecule has 2 aliphatic carbocycles. The number of rotatable bonds is 14. The van der Waals surface area contributed by atoms with Crippen molar-refractivity contribution in [3.8, 4) is 0 Å². The van der Waals surface area contributed by atoms with Gasteiger partial charge in [0.05, 0.1) is 12.9 Å². The van der Waals surface area contributed by atoms with Crippen molar-refractivity contribution >= 4 is 22.9 Å². The Morgan fingerprint density at radius 3 is 2.35 bits per heavy atom. The number of nitrogens with two attached hydrogens (primary N) is 1. The topological polar surface area (TPSA) is 106 Å². The van der Waals surface area contributed by atoms with E-state index in [0.717, 1.165) is 94.2 Å². The zero-order valence-corrected chi connectivity index (χ0v) is 25.9. The normalized spacial score (nSPS) is 22.3. The highest BCUT2D eigenvalue weighted by Crippen LogP contribution is 2.34. The van der Waals surface area contributed by atoms with Gasteiger partial charge in [-0.15, -0.1) is 0 Å². The summed E-state index contributed by atoms with van der Waals surface area (Å²) in [6.07, 6.45) is 18.5. The molecule has 234 valence electrons. The first-order valence-electron chi connectivity index (χ1n) is 17.1. The molecule has 9 heteroatoms. The fourth-order valence-electron chi connectivity index (χ4n) is 7.13. The van der Waals surface area contributed by atoms with Crippen molar-refractivity contribution in [1.29, 1.82) is 0 Å². The molecular formula is C34H52N8O. The van der Waals surface area contributed by atoms with Gasteiger partial charge in [-0.25, -0.2) is 4.98 Å². The number of hydrogen-bond donors (Lipinski definition) is 3. The van der Waals surface area contributed by atoms with Gasteiger partial charge in [-0.05, 0) is 76.3 Å². The number of unbranched alkanes of at least 4 members (excludes halogenated alkanes) is 3. The maximum atomic E-state index is 6.18. The van der Waals surface area contributed by atoms with Gasteiger partial charge in [-0.3, -0.25) is 0 Å². The van der Waals surface area contributed by atoms with Crippen LogP contribution in [0.2, 0.25) is 0 Å². The second-order valence-corrected chi connectivity index (χ2v) is 13.1. The molecule has 0 atom stereocenters. The van der Waals surface area contributed by atoms with Crippen LogP contribution in [0.1, 0.15) is 101 Å². The van der Waals surface area contributed by atoms with Gasteiger partial charge in [-0.2, -0.15) is 9.97 Å². The first-order valence-corrected chi connectivity index (χ1v) is 17.1. The van der Waals surface area contributed by atoms with E-state index in [2.05, 4.69) is 44.4 Å². The van der Waals surface area contributed by atoms with Gasteiger partial charge < -0.3 is 30.6 Å². The average molecular weight is 589 g/mol. The molecule has 9 nitrogen and oxygen atoms in total. The van der Waals surface area contributed by atoms with Crippen molar-refractivity contribution in [2.24, 2.45) is 5.73 Å². The average Bonchev–Trinajstić information content (AvgIpc) is 3.72.